The van der Waals surface area contributed by atoms with E-state index in [9.17, 15) is 4.79 Å². The van der Waals surface area contributed by atoms with Gasteiger partial charge in [0.15, 0.2) is 5.76 Å². The Morgan fingerprint density at radius 1 is 0.966 bits per heavy atom. The third kappa shape index (κ3) is 4.20. The van der Waals surface area contributed by atoms with Gasteiger partial charge in [-0.2, -0.15) is 0 Å². The van der Waals surface area contributed by atoms with E-state index in [0.29, 0.717) is 17.9 Å². The summed E-state index contributed by atoms with van der Waals surface area (Å²) in [5.74, 6) is 0.554. The van der Waals surface area contributed by atoms with Crippen LogP contribution in [0.1, 0.15) is 21.5 Å². The van der Waals surface area contributed by atoms with Gasteiger partial charge >= 0.3 is 0 Å². The molecule has 4 aromatic rings. The first-order valence-corrected chi connectivity index (χ1v) is 9.56. The van der Waals surface area contributed by atoms with Crippen molar-refractivity contribution in [1.29, 1.82) is 0 Å². The fourth-order valence-electron chi connectivity index (χ4n) is 3.38. The van der Waals surface area contributed by atoms with E-state index in [4.69, 9.17) is 4.52 Å². The van der Waals surface area contributed by atoms with Gasteiger partial charge in [0.25, 0.3) is 5.91 Å². The number of hydrogen-bond donors (Lipinski definition) is 1. The molecule has 0 atom stereocenters. The SMILES string of the molecule is CN(C)Cc1ccccc1CNC(=O)c1ccc2noc(-c3ccccc3)c2c1. The number of carbonyl (C=O) groups excluding carboxylic acids is 1. The minimum atomic E-state index is -0.119. The topological polar surface area (TPSA) is 58.4 Å². The molecule has 4 rings (SSSR count). The summed E-state index contributed by atoms with van der Waals surface area (Å²) in [5.41, 5.74) is 4.58. The number of benzene rings is 3. The van der Waals surface area contributed by atoms with Crippen molar-refractivity contribution in [2.24, 2.45) is 0 Å². The lowest BCUT2D eigenvalue weighted by atomic mass is 10.1. The third-order valence-corrected chi connectivity index (χ3v) is 4.82. The van der Waals surface area contributed by atoms with Crippen LogP contribution in [0.4, 0.5) is 0 Å². The molecule has 0 fully saturated rings. The highest BCUT2D eigenvalue weighted by atomic mass is 16.5. The van der Waals surface area contributed by atoms with Gasteiger partial charge in [0.05, 0.1) is 5.39 Å². The molecule has 0 bridgehead atoms. The normalized spacial score (nSPS) is 11.1. The van der Waals surface area contributed by atoms with Gasteiger partial charge in [-0.25, -0.2) is 0 Å². The van der Waals surface area contributed by atoms with Crippen LogP contribution in [-0.4, -0.2) is 30.1 Å². The van der Waals surface area contributed by atoms with Crippen molar-refractivity contribution in [1.82, 2.24) is 15.4 Å². The molecule has 0 saturated carbocycles. The van der Waals surface area contributed by atoms with Crippen LogP contribution in [-0.2, 0) is 13.1 Å². The maximum atomic E-state index is 12.8. The van der Waals surface area contributed by atoms with E-state index in [-0.39, 0.29) is 5.91 Å². The lowest BCUT2D eigenvalue weighted by Gasteiger charge is -2.14. The summed E-state index contributed by atoms with van der Waals surface area (Å²) in [7, 11) is 4.07. The van der Waals surface area contributed by atoms with Crippen molar-refractivity contribution in [2.45, 2.75) is 13.1 Å². The highest BCUT2D eigenvalue weighted by Crippen LogP contribution is 2.29. The summed E-state index contributed by atoms with van der Waals surface area (Å²) >= 11 is 0. The molecule has 146 valence electrons. The first-order chi connectivity index (χ1) is 14.1. The smallest absolute Gasteiger partial charge is 0.251 e. The molecule has 1 heterocycles. The van der Waals surface area contributed by atoms with Gasteiger partial charge in [-0.3, -0.25) is 4.79 Å². The average Bonchev–Trinajstić information content (AvgIpc) is 3.16. The van der Waals surface area contributed by atoms with E-state index in [2.05, 4.69) is 27.5 Å². The highest BCUT2D eigenvalue weighted by molar-refractivity contribution is 6.00. The highest BCUT2D eigenvalue weighted by Gasteiger charge is 2.14. The van der Waals surface area contributed by atoms with Crippen molar-refractivity contribution in [2.75, 3.05) is 14.1 Å². The van der Waals surface area contributed by atoms with Crippen molar-refractivity contribution in [3.63, 3.8) is 0 Å². The molecule has 5 nitrogen and oxygen atoms in total. The van der Waals surface area contributed by atoms with Gasteiger partial charge in [0.1, 0.15) is 5.52 Å². The van der Waals surface area contributed by atoms with Crippen LogP contribution in [0.15, 0.2) is 77.3 Å². The molecule has 3 aromatic carbocycles. The first kappa shape index (κ1) is 18.9. The molecule has 29 heavy (non-hydrogen) atoms. The van der Waals surface area contributed by atoms with E-state index >= 15 is 0 Å². The second-order valence-electron chi connectivity index (χ2n) is 7.30. The molecular weight excluding hydrogens is 362 g/mol. The van der Waals surface area contributed by atoms with Crippen LogP contribution in [0.2, 0.25) is 0 Å². The largest absolute Gasteiger partial charge is 0.355 e. The molecule has 0 spiro atoms. The van der Waals surface area contributed by atoms with E-state index in [1.807, 2.05) is 68.7 Å². The van der Waals surface area contributed by atoms with E-state index in [1.54, 1.807) is 6.07 Å². The molecular formula is C24H23N3O2. The summed E-state index contributed by atoms with van der Waals surface area (Å²) < 4.78 is 5.53. The van der Waals surface area contributed by atoms with Crippen LogP contribution in [0.5, 0.6) is 0 Å². The second kappa shape index (κ2) is 8.29. The van der Waals surface area contributed by atoms with Gasteiger partial charge in [-0.05, 0) is 43.4 Å². The molecule has 1 aromatic heterocycles. The van der Waals surface area contributed by atoms with Gasteiger partial charge in [-0.15, -0.1) is 0 Å². The number of hydrogen-bond acceptors (Lipinski definition) is 4. The number of aromatic nitrogens is 1. The minimum absolute atomic E-state index is 0.119. The Morgan fingerprint density at radius 2 is 1.69 bits per heavy atom. The zero-order chi connectivity index (χ0) is 20.2. The molecule has 0 aliphatic rings. The Kier molecular flexibility index (Phi) is 5.40. The molecule has 0 radical (unpaired) electrons. The van der Waals surface area contributed by atoms with E-state index in [1.165, 1.54) is 5.56 Å². The fourth-order valence-corrected chi connectivity index (χ4v) is 3.38. The van der Waals surface area contributed by atoms with Gasteiger partial charge < -0.3 is 14.7 Å². The zero-order valence-corrected chi connectivity index (χ0v) is 16.6. The van der Waals surface area contributed by atoms with Crippen molar-refractivity contribution >= 4 is 16.8 Å². The average molecular weight is 385 g/mol. The minimum Gasteiger partial charge on any atom is -0.355 e. The Morgan fingerprint density at radius 3 is 2.45 bits per heavy atom. The number of amides is 1. The standard InChI is InChI=1S/C24H23N3O2/c1-27(2)16-20-11-7-6-10-19(20)15-25-24(28)18-12-13-22-21(14-18)23(29-26-22)17-8-4-3-5-9-17/h3-14H,15-16H2,1-2H3,(H,25,28). The number of nitrogens with zero attached hydrogens (tertiary/aromatic N) is 2. The maximum absolute atomic E-state index is 12.8. The van der Waals surface area contributed by atoms with Crippen LogP contribution in [0, 0.1) is 0 Å². The van der Waals surface area contributed by atoms with Gasteiger partial charge in [0.2, 0.25) is 0 Å². The number of carbonyl (C=O) groups is 1. The van der Waals surface area contributed by atoms with Crippen LogP contribution >= 0.6 is 0 Å². The Hall–Kier alpha value is -3.44. The van der Waals surface area contributed by atoms with Gasteiger partial charge in [-0.1, -0.05) is 59.8 Å². The zero-order valence-electron chi connectivity index (χ0n) is 16.6. The monoisotopic (exact) mass is 385 g/mol. The summed E-state index contributed by atoms with van der Waals surface area (Å²) in [5, 5.41) is 7.98. The van der Waals surface area contributed by atoms with Crippen molar-refractivity contribution in [3.8, 4) is 11.3 Å². The van der Waals surface area contributed by atoms with E-state index < -0.39 is 0 Å². The maximum Gasteiger partial charge on any atom is 0.251 e. The number of rotatable bonds is 6. The predicted molar refractivity (Wildman–Crippen MR) is 114 cm³/mol. The van der Waals surface area contributed by atoms with Crippen molar-refractivity contribution in [3.05, 3.63) is 89.5 Å². The van der Waals surface area contributed by atoms with Crippen LogP contribution < -0.4 is 5.32 Å². The third-order valence-electron chi connectivity index (χ3n) is 4.82. The number of fused-ring (bicyclic) bond motifs is 1. The van der Waals surface area contributed by atoms with E-state index in [0.717, 1.165) is 28.6 Å². The van der Waals surface area contributed by atoms with Crippen LogP contribution in [0.25, 0.3) is 22.2 Å². The molecule has 1 amide bonds. The Labute approximate surface area is 169 Å². The lowest BCUT2D eigenvalue weighted by Crippen LogP contribution is -2.24. The van der Waals surface area contributed by atoms with Crippen LogP contribution in [0.3, 0.4) is 0 Å². The van der Waals surface area contributed by atoms with Gasteiger partial charge in [0, 0.05) is 24.2 Å². The summed E-state index contributed by atoms with van der Waals surface area (Å²) in [4.78, 5) is 14.9. The Balaban J connectivity index is 1.55. The molecule has 0 unspecified atom stereocenters. The summed E-state index contributed by atoms with van der Waals surface area (Å²) in [6.45, 7) is 1.31. The number of nitrogens with one attached hydrogen (secondary N) is 1. The molecule has 0 saturated heterocycles. The molecule has 0 aliphatic carbocycles. The second-order valence-corrected chi connectivity index (χ2v) is 7.30. The predicted octanol–water partition coefficient (Wildman–Crippen LogP) is 4.49. The summed E-state index contributed by atoms with van der Waals surface area (Å²) in [6.07, 6.45) is 0. The van der Waals surface area contributed by atoms with Crippen molar-refractivity contribution < 1.29 is 9.32 Å². The molecule has 1 N–H and O–H groups in total. The lowest BCUT2D eigenvalue weighted by molar-refractivity contribution is 0.0951. The molecule has 0 aliphatic heterocycles. The molecule has 5 heteroatoms. The fraction of sp³-hybridized carbons (Fsp3) is 0.167. The Bertz CT molecular complexity index is 1130. The quantitative estimate of drug-likeness (QED) is 0.531. The first-order valence-electron chi connectivity index (χ1n) is 9.56. The summed E-state index contributed by atoms with van der Waals surface area (Å²) in [6, 6.07) is 23.4.